The lowest BCUT2D eigenvalue weighted by atomic mass is 10.1. The van der Waals surface area contributed by atoms with E-state index in [9.17, 15) is 22.0 Å². The molecule has 0 spiro atoms. The summed E-state index contributed by atoms with van der Waals surface area (Å²) in [6.07, 6.45) is -4.50. The highest BCUT2D eigenvalue weighted by molar-refractivity contribution is 7.07. The van der Waals surface area contributed by atoms with E-state index in [2.05, 4.69) is 20.3 Å². The van der Waals surface area contributed by atoms with Crippen molar-refractivity contribution in [3.63, 3.8) is 0 Å². The first kappa shape index (κ1) is 18.3. The number of nitrogens with two attached hydrogens (primary N) is 1. The minimum Gasteiger partial charge on any atom is -0.368 e. The van der Waals surface area contributed by atoms with E-state index in [1.807, 2.05) is 16.8 Å². The molecule has 2 aromatic rings. The van der Waals surface area contributed by atoms with Crippen LogP contribution < -0.4 is 11.1 Å². The van der Waals surface area contributed by atoms with Crippen molar-refractivity contribution >= 4 is 23.2 Å². The molecule has 132 valence electrons. The number of nitrogen functional groups attached to an aromatic ring is 1. The van der Waals surface area contributed by atoms with Crippen molar-refractivity contribution < 1.29 is 22.0 Å². The van der Waals surface area contributed by atoms with E-state index < -0.39 is 29.8 Å². The Morgan fingerprint density at radius 3 is 2.50 bits per heavy atom. The minimum absolute atomic E-state index is 0.265. The van der Waals surface area contributed by atoms with E-state index in [-0.39, 0.29) is 6.04 Å². The summed E-state index contributed by atoms with van der Waals surface area (Å²) in [5.74, 6) is -8.06. The van der Waals surface area contributed by atoms with Crippen LogP contribution in [0.4, 0.5) is 33.8 Å². The van der Waals surface area contributed by atoms with Gasteiger partial charge in [-0.15, -0.1) is 0 Å². The molecule has 0 saturated carbocycles. The van der Waals surface area contributed by atoms with Gasteiger partial charge in [0.05, 0.1) is 0 Å². The summed E-state index contributed by atoms with van der Waals surface area (Å²) in [5, 5.41) is 6.56. The summed E-state index contributed by atoms with van der Waals surface area (Å²) in [7, 11) is 0. The monoisotopic (exact) mass is 367 g/mol. The normalized spacial score (nSPS) is 13.8. The molecular weight excluding hydrogens is 353 g/mol. The SMILES string of the molecule is CC(CCc1ccsc1)Nc1nc(N)nc(C(F)(F)C(F)(F)F)n1. The molecule has 1 atom stereocenters. The molecule has 0 saturated heterocycles. The molecule has 2 heterocycles. The molecule has 0 radical (unpaired) electrons. The maximum Gasteiger partial charge on any atom is 0.461 e. The van der Waals surface area contributed by atoms with Gasteiger partial charge in [0.15, 0.2) is 0 Å². The average molecular weight is 367 g/mol. The Hall–Kier alpha value is -2.04. The highest BCUT2D eigenvalue weighted by atomic mass is 32.1. The van der Waals surface area contributed by atoms with Gasteiger partial charge < -0.3 is 11.1 Å². The molecule has 0 aliphatic carbocycles. The van der Waals surface area contributed by atoms with E-state index in [4.69, 9.17) is 5.73 Å². The minimum atomic E-state index is -5.82. The highest BCUT2D eigenvalue weighted by Crippen LogP contribution is 2.42. The van der Waals surface area contributed by atoms with Gasteiger partial charge in [-0.3, -0.25) is 0 Å². The van der Waals surface area contributed by atoms with Gasteiger partial charge in [0, 0.05) is 6.04 Å². The Labute approximate surface area is 138 Å². The predicted octanol–water partition coefficient (Wildman–Crippen LogP) is 3.60. The second-order valence-electron chi connectivity index (χ2n) is 5.13. The van der Waals surface area contributed by atoms with Crippen molar-refractivity contribution in [3.05, 3.63) is 28.2 Å². The maximum absolute atomic E-state index is 13.3. The van der Waals surface area contributed by atoms with E-state index in [0.29, 0.717) is 12.8 Å². The summed E-state index contributed by atoms with van der Waals surface area (Å²) in [6, 6.07) is 1.68. The van der Waals surface area contributed by atoms with E-state index in [1.165, 1.54) is 0 Å². The molecular formula is C13H14F5N5S. The van der Waals surface area contributed by atoms with Gasteiger partial charge in [-0.25, -0.2) is 0 Å². The highest BCUT2D eigenvalue weighted by Gasteiger charge is 2.61. The van der Waals surface area contributed by atoms with Crippen molar-refractivity contribution in [2.45, 2.75) is 37.9 Å². The first-order chi connectivity index (χ1) is 11.1. The Morgan fingerprint density at radius 2 is 1.92 bits per heavy atom. The molecule has 0 aliphatic rings. The van der Waals surface area contributed by atoms with Crippen LogP contribution in [0.15, 0.2) is 16.8 Å². The number of alkyl halides is 5. The number of aryl methyl sites for hydroxylation is 1. The Morgan fingerprint density at radius 1 is 1.21 bits per heavy atom. The van der Waals surface area contributed by atoms with Crippen LogP contribution in [0.25, 0.3) is 0 Å². The quantitative estimate of drug-likeness (QED) is 0.763. The summed E-state index contributed by atoms with van der Waals surface area (Å²) >= 11 is 1.54. The molecule has 2 rings (SSSR count). The third-order valence-electron chi connectivity index (χ3n) is 3.11. The third-order valence-corrected chi connectivity index (χ3v) is 3.84. The first-order valence-electron chi connectivity index (χ1n) is 6.84. The van der Waals surface area contributed by atoms with Gasteiger partial charge in [0.1, 0.15) is 0 Å². The second kappa shape index (κ2) is 6.83. The van der Waals surface area contributed by atoms with Crippen LogP contribution in [0.3, 0.4) is 0 Å². The van der Waals surface area contributed by atoms with Crippen molar-refractivity contribution in [3.8, 4) is 0 Å². The van der Waals surface area contributed by atoms with Crippen LogP contribution in [-0.4, -0.2) is 27.2 Å². The number of nitrogens with one attached hydrogen (secondary N) is 1. The van der Waals surface area contributed by atoms with Crippen LogP contribution in [0, 0.1) is 0 Å². The van der Waals surface area contributed by atoms with Crippen molar-refractivity contribution in [1.29, 1.82) is 0 Å². The maximum atomic E-state index is 13.3. The number of anilines is 2. The third kappa shape index (κ3) is 4.28. The fraction of sp³-hybridized carbons (Fsp3) is 0.462. The van der Waals surface area contributed by atoms with Gasteiger partial charge in [-0.05, 0) is 42.2 Å². The van der Waals surface area contributed by atoms with Crippen molar-refractivity contribution in [1.82, 2.24) is 15.0 Å². The lowest BCUT2D eigenvalue weighted by Crippen LogP contribution is -2.36. The summed E-state index contributed by atoms with van der Waals surface area (Å²) in [5.41, 5.74) is 6.33. The lowest BCUT2D eigenvalue weighted by molar-refractivity contribution is -0.292. The van der Waals surface area contributed by atoms with E-state index in [1.54, 1.807) is 18.3 Å². The number of hydrogen-bond acceptors (Lipinski definition) is 6. The summed E-state index contributed by atoms with van der Waals surface area (Å²) in [4.78, 5) is 9.65. The van der Waals surface area contributed by atoms with Gasteiger partial charge in [0.25, 0.3) is 0 Å². The average Bonchev–Trinajstić information content (AvgIpc) is 2.96. The van der Waals surface area contributed by atoms with E-state index >= 15 is 0 Å². The van der Waals surface area contributed by atoms with Gasteiger partial charge in [-0.1, -0.05) is 0 Å². The molecule has 1 unspecified atom stereocenters. The molecule has 0 aromatic carbocycles. The largest absolute Gasteiger partial charge is 0.461 e. The zero-order valence-corrected chi connectivity index (χ0v) is 13.3. The number of rotatable bonds is 6. The summed E-state index contributed by atoms with van der Waals surface area (Å²) < 4.78 is 63.9. The number of hydrogen-bond donors (Lipinski definition) is 2. The zero-order valence-electron chi connectivity index (χ0n) is 12.4. The second-order valence-corrected chi connectivity index (χ2v) is 5.91. The number of halogens is 5. The van der Waals surface area contributed by atoms with Crippen LogP contribution in [-0.2, 0) is 12.3 Å². The smallest absolute Gasteiger partial charge is 0.368 e. The summed E-state index contributed by atoms with van der Waals surface area (Å²) in [6.45, 7) is 1.73. The standard InChI is InChI=1S/C13H14F5N5S/c1-7(2-3-8-4-5-24-6-8)20-11-22-9(21-10(19)23-11)12(14,15)13(16,17)18/h4-7H,2-3H2,1H3,(H3,19,20,21,22,23). The molecule has 2 aromatic heterocycles. The predicted molar refractivity (Wildman–Crippen MR) is 79.9 cm³/mol. The Kier molecular flexibility index (Phi) is 5.21. The Bertz CT molecular complexity index is 674. The molecule has 0 fully saturated rings. The molecule has 24 heavy (non-hydrogen) atoms. The molecule has 0 bridgehead atoms. The fourth-order valence-corrected chi connectivity index (χ4v) is 2.54. The molecule has 5 nitrogen and oxygen atoms in total. The van der Waals surface area contributed by atoms with Crippen LogP contribution in [0.2, 0.25) is 0 Å². The topological polar surface area (TPSA) is 76.7 Å². The molecule has 0 amide bonds. The van der Waals surface area contributed by atoms with Gasteiger partial charge in [-0.2, -0.15) is 48.2 Å². The molecule has 0 aliphatic heterocycles. The first-order valence-corrected chi connectivity index (χ1v) is 7.78. The molecule has 3 N–H and O–H groups in total. The number of aromatic nitrogens is 3. The van der Waals surface area contributed by atoms with Gasteiger partial charge in [0.2, 0.25) is 17.7 Å². The number of thiophene rings is 1. The van der Waals surface area contributed by atoms with E-state index in [0.717, 1.165) is 5.56 Å². The lowest BCUT2D eigenvalue weighted by Gasteiger charge is -2.19. The van der Waals surface area contributed by atoms with Crippen LogP contribution in [0.5, 0.6) is 0 Å². The van der Waals surface area contributed by atoms with Crippen LogP contribution >= 0.6 is 11.3 Å². The fourth-order valence-electron chi connectivity index (χ4n) is 1.83. The number of nitrogens with zero attached hydrogens (tertiary/aromatic N) is 3. The molecule has 11 heteroatoms. The van der Waals surface area contributed by atoms with Crippen LogP contribution in [0.1, 0.15) is 24.7 Å². The zero-order chi connectivity index (χ0) is 18.0. The Balaban J connectivity index is 2.10. The van der Waals surface area contributed by atoms with Gasteiger partial charge >= 0.3 is 12.1 Å². The van der Waals surface area contributed by atoms with Crippen molar-refractivity contribution in [2.75, 3.05) is 11.1 Å². The van der Waals surface area contributed by atoms with Crippen molar-refractivity contribution in [2.24, 2.45) is 0 Å².